The summed E-state index contributed by atoms with van der Waals surface area (Å²) in [7, 11) is 0. The number of allylic oxidation sites excluding steroid dienone is 1. The summed E-state index contributed by atoms with van der Waals surface area (Å²) in [6.45, 7) is 3.54. The van der Waals surface area contributed by atoms with Crippen molar-refractivity contribution in [1.29, 1.82) is 0 Å². The Hall–Kier alpha value is -2.77. The minimum Gasteiger partial charge on any atom is -0.272 e. The maximum atomic E-state index is 10.8. The number of hydrogen-bond acceptors (Lipinski definition) is 6. The van der Waals surface area contributed by atoms with E-state index in [0.717, 1.165) is 12.5 Å². The van der Waals surface area contributed by atoms with Crippen molar-refractivity contribution in [2.75, 3.05) is 5.43 Å². The average Bonchev–Trinajstić information content (AvgIpc) is 2.38. The SMILES string of the molecule is C=CCCC=NNc1ccc([N+](=O)[O-])cc1[N+](=O)[O-]. The zero-order chi connectivity index (χ0) is 14.3. The third-order valence-corrected chi connectivity index (χ3v) is 2.17. The molecule has 0 atom stereocenters. The number of hydrogen-bond donors (Lipinski definition) is 1. The van der Waals surface area contributed by atoms with Gasteiger partial charge in [-0.25, -0.2) is 0 Å². The number of hydrazone groups is 1. The number of nitrogens with one attached hydrogen (secondary N) is 1. The maximum absolute atomic E-state index is 10.8. The van der Waals surface area contributed by atoms with Crippen LogP contribution in [0.5, 0.6) is 0 Å². The molecule has 0 aromatic heterocycles. The van der Waals surface area contributed by atoms with Gasteiger partial charge in [0, 0.05) is 12.3 Å². The Morgan fingerprint density at radius 1 is 1.26 bits per heavy atom. The normalized spacial score (nSPS) is 10.3. The van der Waals surface area contributed by atoms with Crippen molar-refractivity contribution in [2.45, 2.75) is 12.8 Å². The third-order valence-electron chi connectivity index (χ3n) is 2.17. The fourth-order valence-electron chi connectivity index (χ4n) is 1.25. The zero-order valence-electron chi connectivity index (χ0n) is 9.98. The molecule has 19 heavy (non-hydrogen) atoms. The van der Waals surface area contributed by atoms with Crippen molar-refractivity contribution in [3.63, 3.8) is 0 Å². The first-order chi connectivity index (χ1) is 9.06. The molecule has 0 heterocycles. The molecule has 0 saturated heterocycles. The van der Waals surface area contributed by atoms with Crippen molar-refractivity contribution in [3.05, 3.63) is 51.1 Å². The standard InChI is InChI=1S/C11H12N4O4/c1-2-3-4-7-12-13-10-6-5-9(14(16)17)8-11(10)15(18)19/h2,5-8,13H,1,3-4H2. The van der Waals surface area contributed by atoms with Crippen molar-refractivity contribution < 1.29 is 9.85 Å². The van der Waals surface area contributed by atoms with Crippen molar-refractivity contribution in [2.24, 2.45) is 5.10 Å². The van der Waals surface area contributed by atoms with Crippen molar-refractivity contribution in [1.82, 2.24) is 0 Å². The molecule has 0 unspecified atom stereocenters. The highest BCUT2D eigenvalue weighted by Gasteiger charge is 2.18. The summed E-state index contributed by atoms with van der Waals surface area (Å²) < 4.78 is 0. The van der Waals surface area contributed by atoms with Gasteiger partial charge in [0.15, 0.2) is 0 Å². The Kier molecular flexibility index (Phi) is 5.15. The van der Waals surface area contributed by atoms with Crippen LogP contribution in [-0.4, -0.2) is 16.1 Å². The fourth-order valence-corrected chi connectivity index (χ4v) is 1.25. The molecule has 0 aliphatic rings. The maximum Gasteiger partial charge on any atom is 0.301 e. The summed E-state index contributed by atoms with van der Waals surface area (Å²) in [5.74, 6) is 0. The van der Waals surface area contributed by atoms with Gasteiger partial charge in [0.2, 0.25) is 0 Å². The lowest BCUT2D eigenvalue weighted by Crippen LogP contribution is -1.98. The van der Waals surface area contributed by atoms with Gasteiger partial charge in [-0.2, -0.15) is 5.10 Å². The Labute approximate surface area is 108 Å². The van der Waals surface area contributed by atoms with Crippen LogP contribution in [-0.2, 0) is 0 Å². The Bertz CT molecular complexity index is 527. The van der Waals surface area contributed by atoms with Crippen LogP contribution in [0.1, 0.15) is 12.8 Å². The molecular weight excluding hydrogens is 252 g/mol. The van der Waals surface area contributed by atoms with E-state index in [0.29, 0.717) is 6.42 Å². The average molecular weight is 264 g/mol. The molecule has 1 rings (SSSR count). The van der Waals surface area contributed by atoms with E-state index < -0.39 is 15.5 Å². The fraction of sp³-hybridized carbons (Fsp3) is 0.182. The van der Waals surface area contributed by atoms with E-state index in [2.05, 4.69) is 17.1 Å². The number of nitro benzene ring substituents is 2. The van der Waals surface area contributed by atoms with Crippen LogP contribution in [0.15, 0.2) is 36.0 Å². The third kappa shape index (κ3) is 4.19. The number of non-ortho nitro benzene ring substituents is 1. The minimum atomic E-state index is -0.700. The van der Waals surface area contributed by atoms with Crippen LogP contribution in [0.4, 0.5) is 17.1 Å². The highest BCUT2D eigenvalue weighted by Crippen LogP contribution is 2.28. The van der Waals surface area contributed by atoms with Gasteiger partial charge < -0.3 is 0 Å². The van der Waals surface area contributed by atoms with Gasteiger partial charge in [-0.3, -0.25) is 25.7 Å². The van der Waals surface area contributed by atoms with Crippen LogP contribution in [0.3, 0.4) is 0 Å². The molecular formula is C11H12N4O4. The quantitative estimate of drug-likeness (QED) is 0.267. The van der Waals surface area contributed by atoms with E-state index in [-0.39, 0.29) is 11.4 Å². The largest absolute Gasteiger partial charge is 0.301 e. The zero-order valence-corrected chi connectivity index (χ0v) is 9.98. The lowest BCUT2D eigenvalue weighted by Gasteiger charge is -2.01. The molecule has 100 valence electrons. The number of benzene rings is 1. The molecule has 8 heteroatoms. The predicted molar refractivity (Wildman–Crippen MR) is 71.3 cm³/mol. The first kappa shape index (κ1) is 14.3. The van der Waals surface area contributed by atoms with Crippen LogP contribution < -0.4 is 5.43 Å². The number of nitrogens with zero attached hydrogens (tertiary/aromatic N) is 3. The van der Waals surface area contributed by atoms with E-state index in [1.165, 1.54) is 12.1 Å². The Balaban J connectivity index is 2.88. The summed E-state index contributed by atoms with van der Waals surface area (Å²) >= 11 is 0. The Morgan fingerprint density at radius 2 is 2.00 bits per heavy atom. The number of nitro groups is 2. The summed E-state index contributed by atoms with van der Waals surface area (Å²) in [4.78, 5) is 20.0. The van der Waals surface area contributed by atoms with Gasteiger partial charge in [0.05, 0.1) is 15.9 Å². The van der Waals surface area contributed by atoms with Gasteiger partial charge in [0.25, 0.3) is 5.69 Å². The highest BCUT2D eigenvalue weighted by molar-refractivity contribution is 5.67. The van der Waals surface area contributed by atoms with E-state index in [1.54, 1.807) is 12.3 Å². The second-order valence-corrected chi connectivity index (χ2v) is 3.51. The van der Waals surface area contributed by atoms with Gasteiger partial charge in [-0.05, 0) is 18.9 Å². The van der Waals surface area contributed by atoms with Gasteiger partial charge in [0.1, 0.15) is 5.69 Å². The minimum absolute atomic E-state index is 0.102. The number of rotatable bonds is 7. The van der Waals surface area contributed by atoms with E-state index in [1.807, 2.05) is 0 Å². The molecule has 0 aliphatic heterocycles. The first-order valence-electron chi connectivity index (χ1n) is 5.37. The molecule has 8 nitrogen and oxygen atoms in total. The summed E-state index contributed by atoms with van der Waals surface area (Å²) in [6, 6.07) is 3.32. The molecule has 0 aliphatic carbocycles. The summed E-state index contributed by atoms with van der Waals surface area (Å²) in [5.41, 5.74) is 1.86. The molecule has 0 spiro atoms. The molecule has 0 fully saturated rings. The lowest BCUT2D eigenvalue weighted by atomic mass is 10.2. The lowest BCUT2D eigenvalue weighted by molar-refractivity contribution is -0.393. The Morgan fingerprint density at radius 3 is 2.58 bits per heavy atom. The van der Waals surface area contributed by atoms with E-state index in [9.17, 15) is 20.2 Å². The predicted octanol–water partition coefficient (Wildman–Crippen LogP) is 2.87. The van der Waals surface area contributed by atoms with Crippen LogP contribution in [0, 0.1) is 20.2 Å². The smallest absolute Gasteiger partial charge is 0.272 e. The van der Waals surface area contributed by atoms with E-state index in [4.69, 9.17) is 0 Å². The molecule has 1 aromatic rings. The van der Waals surface area contributed by atoms with Gasteiger partial charge >= 0.3 is 5.69 Å². The van der Waals surface area contributed by atoms with Crippen LogP contribution in [0.25, 0.3) is 0 Å². The molecule has 0 bridgehead atoms. The van der Waals surface area contributed by atoms with Gasteiger partial charge in [-0.1, -0.05) is 6.08 Å². The highest BCUT2D eigenvalue weighted by atomic mass is 16.6. The molecule has 0 radical (unpaired) electrons. The monoisotopic (exact) mass is 264 g/mol. The van der Waals surface area contributed by atoms with Gasteiger partial charge in [-0.15, -0.1) is 6.58 Å². The van der Waals surface area contributed by atoms with E-state index >= 15 is 0 Å². The second-order valence-electron chi connectivity index (χ2n) is 3.51. The molecule has 0 amide bonds. The van der Waals surface area contributed by atoms with Crippen LogP contribution in [0.2, 0.25) is 0 Å². The summed E-state index contributed by atoms with van der Waals surface area (Å²) in [6.07, 6.45) is 4.66. The van der Waals surface area contributed by atoms with Crippen LogP contribution >= 0.6 is 0 Å². The second kappa shape index (κ2) is 6.84. The topological polar surface area (TPSA) is 111 Å². The number of anilines is 1. The number of unbranched alkanes of at least 4 members (excludes halogenated alkanes) is 1. The van der Waals surface area contributed by atoms with Crippen molar-refractivity contribution >= 4 is 23.3 Å². The molecule has 0 saturated carbocycles. The molecule has 1 N–H and O–H groups in total. The van der Waals surface area contributed by atoms with Crippen molar-refractivity contribution in [3.8, 4) is 0 Å². The summed E-state index contributed by atoms with van der Waals surface area (Å²) in [5, 5.41) is 25.2. The first-order valence-corrected chi connectivity index (χ1v) is 5.37. The molecule has 1 aromatic carbocycles.